The Bertz CT molecular complexity index is 869. The zero-order valence-corrected chi connectivity index (χ0v) is 15.9. The minimum absolute atomic E-state index is 0.0852. The molecule has 0 atom stereocenters. The van der Waals surface area contributed by atoms with Crippen LogP contribution in [0.15, 0.2) is 41.6 Å². The highest BCUT2D eigenvalue weighted by atomic mass is 32.2. The monoisotopic (exact) mass is 376 g/mol. The highest BCUT2D eigenvalue weighted by molar-refractivity contribution is 7.89. The van der Waals surface area contributed by atoms with Crippen molar-refractivity contribution in [2.24, 2.45) is 13.0 Å². The summed E-state index contributed by atoms with van der Waals surface area (Å²) in [5.41, 5.74) is 1.03. The highest BCUT2D eigenvalue weighted by Crippen LogP contribution is 2.24. The summed E-state index contributed by atoms with van der Waals surface area (Å²) < 4.78 is 28.8. The van der Waals surface area contributed by atoms with E-state index in [-0.39, 0.29) is 10.6 Å². The lowest BCUT2D eigenvalue weighted by atomic mass is 10.0. The number of amides is 1. The molecule has 1 saturated heterocycles. The second-order valence-corrected chi connectivity index (χ2v) is 8.63. The zero-order chi connectivity index (χ0) is 18.7. The van der Waals surface area contributed by atoms with Gasteiger partial charge in [-0.3, -0.25) is 9.48 Å². The first-order valence-corrected chi connectivity index (χ1v) is 10.2. The first kappa shape index (κ1) is 18.6. The van der Waals surface area contributed by atoms with Crippen LogP contribution in [0.2, 0.25) is 0 Å². The average molecular weight is 376 g/mol. The lowest BCUT2D eigenvalue weighted by Crippen LogP contribution is -2.39. The zero-order valence-electron chi connectivity index (χ0n) is 15.1. The van der Waals surface area contributed by atoms with Crippen molar-refractivity contribution in [2.45, 2.75) is 31.3 Å². The van der Waals surface area contributed by atoms with Gasteiger partial charge in [-0.1, -0.05) is 37.3 Å². The largest absolute Gasteiger partial charge is 0.348 e. The number of piperidine rings is 1. The first-order chi connectivity index (χ1) is 12.4. The van der Waals surface area contributed by atoms with E-state index in [1.54, 1.807) is 7.05 Å². The maximum Gasteiger partial charge on any atom is 0.263 e. The van der Waals surface area contributed by atoms with Crippen molar-refractivity contribution < 1.29 is 13.2 Å². The van der Waals surface area contributed by atoms with Gasteiger partial charge >= 0.3 is 0 Å². The molecule has 1 aliphatic heterocycles. The molecule has 0 saturated carbocycles. The molecule has 2 aromatic rings. The van der Waals surface area contributed by atoms with E-state index in [4.69, 9.17) is 0 Å². The molecule has 1 aliphatic rings. The highest BCUT2D eigenvalue weighted by Gasteiger charge is 2.34. The number of nitrogens with one attached hydrogen (secondary N) is 1. The quantitative estimate of drug-likeness (QED) is 0.862. The minimum atomic E-state index is -3.78. The smallest absolute Gasteiger partial charge is 0.263 e. The molecule has 26 heavy (non-hydrogen) atoms. The van der Waals surface area contributed by atoms with Gasteiger partial charge in [0.1, 0.15) is 0 Å². The van der Waals surface area contributed by atoms with Crippen molar-refractivity contribution >= 4 is 15.9 Å². The lowest BCUT2D eigenvalue weighted by molar-refractivity contribution is 0.0947. The molecular formula is C18H24N4O3S. The van der Waals surface area contributed by atoms with E-state index in [2.05, 4.69) is 17.3 Å². The Morgan fingerprint density at radius 1 is 1.23 bits per heavy atom. The van der Waals surface area contributed by atoms with E-state index in [0.29, 0.717) is 25.6 Å². The number of carbonyl (C=O) groups is 1. The molecule has 1 N–H and O–H groups in total. The van der Waals surface area contributed by atoms with Gasteiger partial charge in [-0.25, -0.2) is 8.42 Å². The number of rotatable bonds is 5. The second-order valence-electron chi connectivity index (χ2n) is 6.78. The van der Waals surface area contributed by atoms with Gasteiger partial charge in [0.25, 0.3) is 15.9 Å². The molecule has 1 amide bonds. The molecule has 1 aromatic carbocycles. The van der Waals surface area contributed by atoms with Gasteiger partial charge in [-0.05, 0) is 24.3 Å². The maximum atomic E-state index is 13.0. The predicted molar refractivity (Wildman–Crippen MR) is 98.0 cm³/mol. The van der Waals surface area contributed by atoms with Gasteiger partial charge < -0.3 is 5.32 Å². The summed E-state index contributed by atoms with van der Waals surface area (Å²) in [6.45, 7) is 3.37. The van der Waals surface area contributed by atoms with Crippen LogP contribution in [0.3, 0.4) is 0 Å². The summed E-state index contributed by atoms with van der Waals surface area (Å²) in [5, 5.41) is 6.69. The van der Waals surface area contributed by atoms with E-state index in [1.807, 2.05) is 30.3 Å². The Morgan fingerprint density at radius 3 is 2.54 bits per heavy atom. The summed E-state index contributed by atoms with van der Waals surface area (Å²) in [7, 11) is -2.17. The van der Waals surface area contributed by atoms with Gasteiger partial charge in [-0.15, -0.1) is 0 Å². The topological polar surface area (TPSA) is 84.3 Å². The fraction of sp³-hybridized carbons (Fsp3) is 0.444. The molecule has 1 aromatic heterocycles. The van der Waals surface area contributed by atoms with Crippen LogP contribution < -0.4 is 5.32 Å². The van der Waals surface area contributed by atoms with Crippen molar-refractivity contribution in [3.8, 4) is 0 Å². The Hall–Kier alpha value is -2.19. The summed E-state index contributed by atoms with van der Waals surface area (Å²) in [4.78, 5) is 12.6. The molecule has 140 valence electrons. The van der Waals surface area contributed by atoms with E-state index in [1.165, 1.54) is 15.2 Å². The van der Waals surface area contributed by atoms with Crippen LogP contribution >= 0.6 is 0 Å². The van der Waals surface area contributed by atoms with Crippen LogP contribution in [0.4, 0.5) is 0 Å². The Labute approximate surface area is 154 Å². The third kappa shape index (κ3) is 3.96. The van der Waals surface area contributed by atoms with Crippen LogP contribution in [-0.2, 0) is 23.6 Å². The number of aryl methyl sites for hydroxylation is 1. The molecule has 7 nitrogen and oxygen atoms in total. The minimum Gasteiger partial charge on any atom is -0.348 e. The molecule has 0 bridgehead atoms. The normalized spacial score (nSPS) is 16.5. The average Bonchev–Trinajstić information content (AvgIpc) is 3.04. The summed E-state index contributed by atoms with van der Waals surface area (Å²) in [6.07, 6.45) is 3.10. The van der Waals surface area contributed by atoms with E-state index in [0.717, 1.165) is 18.4 Å². The van der Waals surface area contributed by atoms with Gasteiger partial charge in [-0.2, -0.15) is 9.40 Å². The van der Waals surface area contributed by atoms with Crippen molar-refractivity contribution in [2.75, 3.05) is 13.1 Å². The molecule has 1 fully saturated rings. The Kier molecular flexibility index (Phi) is 5.43. The molecule has 3 rings (SSSR count). The van der Waals surface area contributed by atoms with Crippen LogP contribution in [0.1, 0.15) is 35.7 Å². The summed E-state index contributed by atoms with van der Waals surface area (Å²) >= 11 is 0. The number of aromatic nitrogens is 2. The van der Waals surface area contributed by atoms with Crippen LogP contribution in [-0.4, -0.2) is 41.5 Å². The molecule has 0 unspecified atom stereocenters. The number of hydrogen-bond donors (Lipinski definition) is 1. The fourth-order valence-electron chi connectivity index (χ4n) is 3.04. The number of benzene rings is 1. The molecule has 2 heterocycles. The predicted octanol–water partition coefficient (Wildman–Crippen LogP) is 1.77. The number of nitrogens with zero attached hydrogens (tertiary/aromatic N) is 3. The van der Waals surface area contributed by atoms with Gasteiger partial charge in [0.2, 0.25) is 5.03 Å². The molecule has 0 spiro atoms. The van der Waals surface area contributed by atoms with E-state index in [9.17, 15) is 13.2 Å². The lowest BCUT2D eigenvalue weighted by Gasteiger charge is -2.28. The van der Waals surface area contributed by atoms with E-state index >= 15 is 0 Å². The van der Waals surface area contributed by atoms with E-state index < -0.39 is 15.9 Å². The van der Waals surface area contributed by atoms with Crippen molar-refractivity contribution in [3.63, 3.8) is 0 Å². The van der Waals surface area contributed by atoms with Crippen molar-refractivity contribution in [3.05, 3.63) is 47.7 Å². The third-order valence-corrected chi connectivity index (χ3v) is 6.50. The summed E-state index contributed by atoms with van der Waals surface area (Å²) in [5.74, 6) is 0.0738. The Morgan fingerprint density at radius 2 is 1.88 bits per heavy atom. The van der Waals surface area contributed by atoms with Gasteiger partial charge in [0.05, 0.1) is 5.56 Å². The van der Waals surface area contributed by atoms with Crippen LogP contribution in [0.25, 0.3) is 0 Å². The van der Waals surface area contributed by atoms with Crippen LogP contribution in [0.5, 0.6) is 0 Å². The standard InChI is InChI=1S/C18H24N4O3S/c1-14-8-10-22(11-9-14)26(24,25)18-16(13-21(2)20-18)17(23)19-12-15-6-4-3-5-7-15/h3-7,13-14H,8-12H2,1-2H3,(H,19,23). The molecule has 0 aliphatic carbocycles. The molecule has 0 radical (unpaired) electrons. The van der Waals surface area contributed by atoms with Gasteiger partial charge in [0.15, 0.2) is 0 Å². The summed E-state index contributed by atoms with van der Waals surface area (Å²) in [6, 6.07) is 9.47. The van der Waals surface area contributed by atoms with Crippen molar-refractivity contribution in [1.29, 1.82) is 0 Å². The van der Waals surface area contributed by atoms with Crippen molar-refractivity contribution in [1.82, 2.24) is 19.4 Å². The van der Waals surface area contributed by atoms with Gasteiger partial charge in [0, 0.05) is 32.9 Å². The maximum absolute atomic E-state index is 13.0. The molecular weight excluding hydrogens is 352 g/mol. The number of hydrogen-bond acceptors (Lipinski definition) is 4. The Balaban J connectivity index is 1.80. The number of carbonyl (C=O) groups excluding carboxylic acids is 1. The third-order valence-electron chi connectivity index (χ3n) is 4.66. The number of sulfonamides is 1. The SMILES string of the molecule is CC1CCN(S(=O)(=O)c2nn(C)cc2C(=O)NCc2ccccc2)CC1. The first-order valence-electron chi connectivity index (χ1n) is 8.74. The second kappa shape index (κ2) is 7.59. The molecule has 8 heteroatoms. The fourth-order valence-corrected chi connectivity index (χ4v) is 4.63. The van der Waals surface area contributed by atoms with Crippen LogP contribution in [0, 0.1) is 5.92 Å².